The van der Waals surface area contributed by atoms with E-state index in [1.807, 2.05) is 26.0 Å². The number of hydrogen-bond donors (Lipinski definition) is 0. The number of rotatable bonds is 9. The molecule has 22 heavy (non-hydrogen) atoms. The summed E-state index contributed by atoms with van der Waals surface area (Å²) in [5.41, 5.74) is 3.77. The number of esters is 1. The second-order valence-corrected chi connectivity index (χ2v) is 5.59. The number of benzene rings is 1. The molecule has 0 aliphatic heterocycles. The maximum absolute atomic E-state index is 12.1. The highest BCUT2D eigenvalue weighted by atomic mass is 16.5. The fourth-order valence-electron chi connectivity index (χ4n) is 2.38. The molecule has 0 bridgehead atoms. The van der Waals surface area contributed by atoms with Gasteiger partial charge in [-0.2, -0.15) is 0 Å². The van der Waals surface area contributed by atoms with Crippen molar-refractivity contribution in [3.63, 3.8) is 0 Å². The van der Waals surface area contributed by atoms with Crippen molar-refractivity contribution in [3.8, 4) is 5.75 Å². The van der Waals surface area contributed by atoms with Crippen molar-refractivity contribution in [1.29, 1.82) is 0 Å². The van der Waals surface area contributed by atoms with Crippen LogP contribution in [0.15, 0.2) is 24.3 Å². The van der Waals surface area contributed by atoms with Crippen LogP contribution < -0.4 is 4.74 Å². The summed E-state index contributed by atoms with van der Waals surface area (Å²) >= 11 is 0. The van der Waals surface area contributed by atoms with Gasteiger partial charge in [-0.15, -0.1) is 0 Å². The molecular formula is C19H28O3. The van der Waals surface area contributed by atoms with Crippen LogP contribution in [0.1, 0.15) is 62.0 Å². The predicted octanol–water partition coefficient (Wildman–Crippen LogP) is 4.72. The van der Waals surface area contributed by atoms with Crippen molar-refractivity contribution in [2.45, 2.75) is 53.4 Å². The number of carbonyl (C=O) groups excluding carboxylic acids is 1. The number of aryl methyl sites for hydroxylation is 2. The van der Waals surface area contributed by atoms with E-state index >= 15 is 0 Å². The van der Waals surface area contributed by atoms with E-state index in [0.717, 1.165) is 48.1 Å². The van der Waals surface area contributed by atoms with E-state index in [9.17, 15) is 4.79 Å². The zero-order valence-corrected chi connectivity index (χ0v) is 14.3. The Morgan fingerprint density at radius 2 is 1.64 bits per heavy atom. The van der Waals surface area contributed by atoms with Gasteiger partial charge in [0.05, 0.1) is 12.2 Å². The molecule has 3 heteroatoms. The van der Waals surface area contributed by atoms with Crippen molar-refractivity contribution >= 4 is 5.97 Å². The molecule has 122 valence electrons. The number of carbonyl (C=O) groups is 1. The monoisotopic (exact) mass is 304 g/mol. The standard InChI is InChI=1S/C19H28O3/c1-6-9-15-11-17(19(20)21-8-3)12-16(10-7-2)18(15)22-13-14(4)5/h11-12H,4,6-10,13H2,1-3,5H3. The third kappa shape index (κ3) is 5.21. The van der Waals surface area contributed by atoms with E-state index < -0.39 is 0 Å². The summed E-state index contributed by atoms with van der Waals surface area (Å²) < 4.78 is 11.1. The minimum Gasteiger partial charge on any atom is -0.489 e. The van der Waals surface area contributed by atoms with Gasteiger partial charge in [-0.1, -0.05) is 33.3 Å². The van der Waals surface area contributed by atoms with Gasteiger partial charge in [-0.25, -0.2) is 4.79 Å². The molecule has 1 aromatic rings. The van der Waals surface area contributed by atoms with Gasteiger partial charge in [0.25, 0.3) is 0 Å². The van der Waals surface area contributed by atoms with Crippen LogP contribution in [0.25, 0.3) is 0 Å². The maximum Gasteiger partial charge on any atom is 0.338 e. The molecule has 0 saturated heterocycles. The molecular weight excluding hydrogens is 276 g/mol. The van der Waals surface area contributed by atoms with Gasteiger partial charge in [0.1, 0.15) is 12.4 Å². The van der Waals surface area contributed by atoms with Crippen LogP contribution in [-0.4, -0.2) is 19.2 Å². The summed E-state index contributed by atoms with van der Waals surface area (Å²) in [6, 6.07) is 3.82. The van der Waals surface area contributed by atoms with Crippen molar-refractivity contribution in [3.05, 3.63) is 41.0 Å². The fraction of sp³-hybridized carbons (Fsp3) is 0.526. The Bertz CT molecular complexity index is 490. The van der Waals surface area contributed by atoms with Crippen LogP contribution in [0.5, 0.6) is 5.75 Å². The van der Waals surface area contributed by atoms with Gasteiger partial charge < -0.3 is 9.47 Å². The van der Waals surface area contributed by atoms with Gasteiger partial charge in [0.15, 0.2) is 0 Å². The molecule has 0 atom stereocenters. The van der Waals surface area contributed by atoms with Crippen molar-refractivity contribution in [1.82, 2.24) is 0 Å². The predicted molar refractivity (Wildman–Crippen MR) is 90.7 cm³/mol. The highest BCUT2D eigenvalue weighted by molar-refractivity contribution is 5.90. The average Bonchev–Trinajstić information content (AvgIpc) is 2.46. The lowest BCUT2D eigenvalue weighted by atomic mass is 9.98. The van der Waals surface area contributed by atoms with Crippen LogP contribution >= 0.6 is 0 Å². The summed E-state index contributed by atoms with van der Waals surface area (Å²) in [7, 11) is 0. The molecule has 0 N–H and O–H groups in total. The van der Waals surface area contributed by atoms with Gasteiger partial charge in [-0.3, -0.25) is 0 Å². The summed E-state index contributed by atoms with van der Waals surface area (Å²) in [6.07, 6.45) is 3.77. The summed E-state index contributed by atoms with van der Waals surface area (Å²) in [4.78, 5) is 12.1. The first kappa shape index (κ1) is 18.3. The molecule has 0 spiro atoms. The Kier molecular flexibility index (Phi) is 7.72. The molecule has 0 fully saturated rings. The molecule has 0 amide bonds. The van der Waals surface area contributed by atoms with Crippen LogP contribution in [0.4, 0.5) is 0 Å². The molecule has 0 heterocycles. The molecule has 0 unspecified atom stereocenters. The zero-order valence-electron chi connectivity index (χ0n) is 14.3. The first-order valence-corrected chi connectivity index (χ1v) is 8.13. The average molecular weight is 304 g/mol. The second-order valence-electron chi connectivity index (χ2n) is 5.59. The zero-order chi connectivity index (χ0) is 16.5. The molecule has 0 radical (unpaired) electrons. The molecule has 1 rings (SSSR count). The lowest BCUT2D eigenvalue weighted by Crippen LogP contribution is -2.10. The third-order valence-corrected chi connectivity index (χ3v) is 3.26. The van der Waals surface area contributed by atoms with E-state index in [0.29, 0.717) is 18.8 Å². The highest BCUT2D eigenvalue weighted by Crippen LogP contribution is 2.29. The maximum atomic E-state index is 12.1. The van der Waals surface area contributed by atoms with Gasteiger partial charge in [-0.05, 0) is 55.5 Å². The molecule has 0 saturated carbocycles. The third-order valence-electron chi connectivity index (χ3n) is 3.26. The normalized spacial score (nSPS) is 10.4. The van der Waals surface area contributed by atoms with Crippen LogP contribution in [-0.2, 0) is 17.6 Å². The fourth-order valence-corrected chi connectivity index (χ4v) is 2.38. The second kappa shape index (κ2) is 9.29. The van der Waals surface area contributed by atoms with Crippen molar-refractivity contribution in [2.24, 2.45) is 0 Å². The van der Waals surface area contributed by atoms with E-state index in [1.54, 1.807) is 0 Å². The van der Waals surface area contributed by atoms with Crippen molar-refractivity contribution in [2.75, 3.05) is 13.2 Å². The lowest BCUT2D eigenvalue weighted by molar-refractivity contribution is 0.0526. The van der Waals surface area contributed by atoms with Gasteiger partial charge >= 0.3 is 5.97 Å². The Hall–Kier alpha value is -1.77. The van der Waals surface area contributed by atoms with Gasteiger partial charge in [0, 0.05) is 0 Å². The number of ether oxygens (including phenoxy) is 2. The van der Waals surface area contributed by atoms with E-state index in [-0.39, 0.29) is 5.97 Å². The van der Waals surface area contributed by atoms with Crippen molar-refractivity contribution < 1.29 is 14.3 Å². The van der Waals surface area contributed by atoms with Gasteiger partial charge in [0.2, 0.25) is 0 Å². The van der Waals surface area contributed by atoms with E-state index in [4.69, 9.17) is 9.47 Å². The van der Waals surface area contributed by atoms with Crippen LogP contribution in [0, 0.1) is 0 Å². The van der Waals surface area contributed by atoms with Crippen LogP contribution in [0.2, 0.25) is 0 Å². The largest absolute Gasteiger partial charge is 0.489 e. The van der Waals surface area contributed by atoms with E-state index in [1.165, 1.54) is 0 Å². The summed E-state index contributed by atoms with van der Waals surface area (Å²) in [5.74, 6) is 0.656. The highest BCUT2D eigenvalue weighted by Gasteiger charge is 2.16. The first-order valence-electron chi connectivity index (χ1n) is 8.13. The van der Waals surface area contributed by atoms with Crippen LogP contribution in [0.3, 0.4) is 0 Å². The molecule has 0 aliphatic rings. The topological polar surface area (TPSA) is 35.5 Å². The summed E-state index contributed by atoms with van der Waals surface area (Å²) in [6.45, 7) is 12.8. The smallest absolute Gasteiger partial charge is 0.338 e. The molecule has 1 aromatic carbocycles. The minimum absolute atomic E-state index is 0.261. The molecule has 0 aliphatic carbocycles. The SMILES string of the molecule is C=C(C)COc1c(CCC)cc(C(=O)OCC)cc1CCC. The Morgan fingerprint density at radius 1 is 1.09 bits per heavy atom. The first-order chi connectivity index (χ1) is 10.5. The number of hydrogen-bond acceptors (Lipinski definition) is 3. The Balaban J connectivity index is 3.25. The molecule has 3 nitrogen and oxygen atoms in total. The minimum atomic E-state index is -0.261. The Labute approximate surface area is 134 Å². The molecule has 0 aromatic heterocycles. The quantitative estimate of drug-likeness (QED) is 0.489. The van der Waals surface area contributed by atoms with E-state index in [2.05, 4.69) is 20.4 Å². The summed E-state index contributed by atoms with van der Waals surface area (Å²) in [5, 5.41) is 0. The lowest BCUT2D eigenvalue weighted by Gasteiger charge is -2.17. The Morgan fingerprint density at radius 3 is 2.05 bits per heavy atom.